The van der Waals surface area contributed by atoms with Crippen LogP contribution in [0.25, 0.3) is 0 Å². The number of unbranched alkanes of at least 4 members (excludes halogenated alkanes) is 5. The van der Waals surface area contributed by atoms with Gasteiger partial charge < -0.3 is 4.90 Å². The van der Waals surface area contributed by atoms with E-state index in [-0.39, 0.29) is 18.1 Å². The second kappa shape index (κ2) is 8.15. The highest BCUT2D eigenvalue weighted by molar-refractivity contribution is 5.96. The Morgan fingerprint density at radius 3 is 2.42 bits per heavy atom. The minimum absolute atomic E-state index is 0.108. The zero-order chi connectivity index (χ0) is 14.3. The molecule has 1 heterocycles. The van der Waals surface area contributed by atoms with Gasteiger partial charge in [0.2, 0.25) is 5.91 Å². The van der Waals surface area contributed by atoms with Crippen LogP contribution >= 0.6 is 0 Å². The number of imide groups is 1. The van der Waals surface area contributed by atoms with Crippen LogP contribution in [0, 0.1) is 0 Å². The van der Waals surface area contributed by atoms with Gasteiger partial charge in [-0.05, 0) is 13.0 Å². The number of hydrogen-bond donors (Lipinski definition) is 1. The van der Waals surface area contributed by atoms with Crippen molar-refractivity contribution >= 4 is 11.9 Å². The van der Waals surface area contributed by atoms with Crippen molar-refractivity contribution in [2.45, 2.75) is 58.0 Å². The van der Waals surface area contributed by atoms with Crippen LogP contribution in [-0.2, 0) is 4.79 Å². The van der Waals surface area contributed by atoms with Crippen molar-refractivity contribution in [3.05, 3.63) is 0 Å². The zero-order valence-corrected chi connectivity index (χ0v) is 12.4. The summed E-state index contributed by atoms with van der Waals surface area (Å²) in [5.74, 6) is -0.108. The molecule has 110 valence electrons. The molecule has 1 unspecified atom stereocenters. The molecule has 1 fully saturated rings. The monoisotopic (exact) mass is 269 g/mol. The molecule has 0 spiro atoms. The molecule has 1 saturated heterocycles. The molecule has 1 N–H and O–H groups in total. The quantitative estimate of drug-likeness (QED) is 0.687. The van der Waals surface area contributed by atoms with Crippen molar-refractivity contribution in [2.75, 3.05) is 20.6 Å². The van der Waals surface area contributed by atoms with Gasteiger partial charge in [-0.15, -0.1) is 0 Å². The van der Waals surface area contributed by atoms with Gasteiger partial charge in [0.15, 0.2) is 0 Å². The lowest BCUT2D eigenvalue weighted by Crippen LogP contribution is -2.58. The van der Waals surface area contributed by atoms with Gasteiger partial charge >= 0.3 is 6.03 Å². The van der Waals surface area contributed by atoms with Gasteiger partial charge in [0, 0.05) is 14.1 Å². The number of urea groups is 1. The summed E-state index contributed by atoms with van der Waals surface area (Å²) in [6.07, 6.45) is 7.70. The number of carbonyl (C=O) groups excluding carboxylic acids is 2. The minimum atomic E-state index is -0.225. The van der Waals surface area contributed by atoms with Gasteiger partial charge in [-0.1, -0.05) is 39.0 Å². The summed E-state index contributed by atoms with van der Waals surface area (Å²) in [5, 5.41) is 3.30. The largest absolute Gasteiger partial charge is 0.327 e. The first-order chi connectivity index (χ1) is 9.07. The summed E-state index contributed by atoms with van der Waals surface area (Å²) in [7, 11) is 3.27. The van der Waals surface area contributed by atoms with Crippen molar-refractivity contribution in [3.63, 3.8) is 0 Å². The lowest BCUT2D eigenvalue weighted by Gasteiger charge is -2.36. The maximum absolute atomic E-state index is 11.7. The van der Waals surface area contributed by atoms with Crippen LogP contribution < -0.4 is 5.32 Å². The molecular formula is C14H27N3O2. The molecule has 0 radical (unpaired) electrons. The third-order valence-electron chi connectivity index (χ3n) is 3.71. The SMILES string of the molecule is CCCCCCCCNC1CC(=O)N(C)C(=O)N1C. The Morgan fingerprint density at radius 2 is 1.74 bits per heavy atom. The van der Waals surface area contributed by atoms with E-state index in [4.69, 9.17) is 0 Å². The molecule has 0 aromatic carbocycles. The smallest absolute Gasteiger partial charge is 0.311 e. The van der Waals surface area contributed by atoms with Gasteiger partial charge in [-0.3, -0.25) is 15.0 Å². The van der Waals surface area contributed by atoms with Gasteiger partial charge in [-0.25, -0.2) is 4.79 Å². The number of amides is 3. The third-order valence-corrected chi connectivity index (χ3v) is 3.71. The highest BCUT2D eigenvalue weighted by Crippen LogP contribution is 2.12. The van der Waals surface area contributed by atoms with Crippen LogP contribution in [0.5, 0.6) is 0 Å². The highest BCUT2D eigenvalue weighted by atomic mass is 16.2. The molecule has 1 aliphatic rings. The van der Waals surface area contributed by atoms with Crippen LogP contribution in [-0.4, -0.2) is 48.5 Å². The molecular weight excluding hydrogens is 242 g/mol. The third kappa shape index (κ3) is 4.82. The fourth-order valence-electron chi connectivity index (χ4n) is 2.30. The van der Waals surface area contributed by atoms with E-state index in [1.54, 1.807) is 11.9 Å². The second-order valence-electron chi connectivity index (χ2n) is 5.29. The Labute approximate surface area is 116 Å². The lowest BCUT2D eigenvalue weighted by molar-refractivity contribution is -0.131. The van der Waals surface area contributed by atoms with E-state index in [9.17, 15) is 9.59 Å². The summed E-state index contributed by atoms with van der Waals surface area (Å²) >= 11 is 0. The molecule has 0 saturated carbocycles. The number of nitrogens with zero attached hydrogens (tertiary/aromatic N) is 2. The van der Waals surface area contributed by atoms with E-state index in [0.29, 0.717) is 6.42 Å². The standard InChI is InChI=1S/C14H27N3O2/c1-4-5-6-7-8-9-10-15-12-11-13(18)17(3)14(19)16(12)2/h12,15H,4-11H2,1-3H3. The summed E-state index contributed by atoms with van der Waals surface area (Å²) in [6, 6.07) is -0.225. The summed E-state index contributed by atoms with van der Waals surface area (Å²) in [4.78, 5) is 26.1. The zero-order valence-electron chi connectivity index (χ0n) is 12.4. The van der Waals surface area contributed by atoms with Crippen molar-refractivity contribution < 1.29 is 9.59 Å². The molecule has 1 aliphatic heterocycles. The summed E-state index contributed by atoms with van der Waals surface area (Å²) < 4.78 is 0. The molecule has 0 aromatic heterocycles. The number of hydrogen-bond acceptors (Lipinski definition) is 3. The fourth-order valence-corrected chi connectivity index (χ4v) is 2.30. The van der Waals surface area contributed by atoms with Gasteiger partial charge in [0.25, 0.3) is 0 Å². The fraction of sp³-hybridized carbons (Fsp3) is 0.857. The van der Waals surface area contributed by atoms with E-state index in [2.05, 4.69) is 12.2 Å². The van der Waals surface area contributed by atoms with Crippen LogP contribution in [0.3, 0.4) is 0 Å². The Balaban J connectivity index is 2.18. The van der Waals surface area contributed by atoms with E-state index >= 15 is 0 Å². The van der Waals surface area contributed by atoms with Gasteiger partial charge in [0.1, 0.15) is 0 Å². The molecule has 3 amide bonds. The maximum Gasteiger partial charge on any atom is 0.327 e. The predicted octanol–water partition coefficient (Wildman–Crippen LogP) is 2.18. The van der Waals surface area contributed by atoms with E-state index < -0.39 is 0 Å². The maximum atomic E-state index is 11.7. The van der Waals surface area contributed by atoms with Gasteiger partial charge in [0.05, 0.1) is 12.6 Å². The predicted molar refractivity (Wildman–Crippen MR) is 75.7 cm³/mol. The molecule has 1 rings (SSSR count). The first-order valence-corrected chi connectivity index (χ1v) is 7.34. The Morgan fingerprint density at radius 1 is 1.11 bits per heavy atom. The number of rotatable bonds is 8. The van der Waals surface area contributed by atoms with E-state index in [0.717, 1.165) is 13.0 Å². The summed E-state index contributed by atoms with van der Waals surface area (Å²) in [6.45, 7) is 3.08. The highest BCUT2D eigenvalue weighted by Gasteiger charge is 2.33. The molecule has 5 heteroatoms. The molecule has 1 atom stereocenters. The van der Waals surface area contributed by atoms with Crippen LogP contribution in [0.1, 0.15) is 51.9 Å². The summed E-state index contributed by atoms with van der Waals surface area (Å²) in [5.41, 5.74) is 0. The first kappa shape index (κ1) is 16.0. The average Bonchev–Trinajstić information content (AvgIpc) is 2.41. The molecule has 0 bridgehead atoms. The van der Waals surface area contributed by atoms with Crippen molar-refractivity contribution in [3.8, 4) is 0 Å². The topological polar surface area (TPSA) is 52.7 Å². The number of carbonyl (C=O) groups is 2. The number of nitrogens with one attached hydrogen (secondary N) is 1. The Hall–Kier alpha value is -1.10. The normalized spacial score (nSPS) is 20.3. The van der Waals surface area contributed by atoms with Gasteiger partial charge in [-0.2, -0.15) is 0 Å². The van der Waals surface area contributed by atoms with Crippen molar-refractivity contribution in [2.24, 2.45) is 0 Å². The average molecular weight is 269 g/mol. The Bertz CT molecular complexity index is 307. The molecule has 0 aliphatic carbocycles. The molecule has 5 nitrogen and oxygen atoms in total. The Kier molecular flexibility index (Phi) is 6.84. The van der Waals surface area contributed by atoms with Crippen molar-refractivity contribution in [1.82, 2.24) is 15.1 Å². The second-order valence-corrected chi connectivity index (χ2v) is 5.29. The molecule has 0 aromatic rings. The lowest BCUT2D eigenvalue weighted by atomic mass is 10.1. The minimum Gasteiger partial charge on any atom is -0.311 e. The van der Waals surface area contributed by atoms with Crippen molar-refractivity contribution in [1.29, 1.82) is 0 Å². The molecule has 19 heavy (non-hydrogen) atoms. The van der Waals surface area contributed by atoms with Crippen LogP contribution in [0.15, 0.2) is 0 Å². The van der Waals surface area contributed by atoms with Crippen LogP contribution in [0.2, 0.25) is 0 Å². The van der Waals surface area contributed by atoms with E-state index in [1.807, 2.05) is 0 Å². The first-order valence-electron chi connectivity index (χ1n) is 7.34. The van der Waals surface area contributed by atoms with Crippen LogP contribution in [0.4, 0.5) is 4.79 Å². The van der Waals surface area contributed by atoms with E-state index in [1.165, 1.54) is 44.1 Å².